The molecule has 0 spiro atoms. The topological polar surface area (TPSA) is 38.0 Å². The summed E-state index contributed by atoms with van der Waals surface area (Å²) in [7, 11) is 0. The second-order valence-corrected chi connectivity index (χ2v) is 7.21. The second-order valence-electron chi connectivity index (χ2n) is 3.80. The molecule has 1 aromatic carbocycles. The quantitative estimate of drug-likeness (QED) is 0.829. The maximum absolute atomic E-state index is 13.2. The van der Waals surface area contributed by atoms with E-state index >= 15 is 0 Å². The van der Waals surface area contributed by atoms with E-state index in [9.17, 15) is 4.39 Å². The van der Waals surface area contributed by atoms with Gasteiger partial charge in [0.25, 0.3) is 0 Å². The summed E-state index contributed by atoms with van der Waals surface area (Å²) in [6.07, 6.45) is 0. The molecule has 2 nitrogen and oxygen atoms in total. The summed E-state index contributed by atoms with van der Waals surface area (Å²) >= 11 is 7.14. The minimum atomic E-state index is -0.323. The van der Waals surface area contributed by atoms with Crippen LogP contribution >= 0.6 is 39.5 Å². The molecule has 6 heteroatoms. The van der Waals surface area contributed by atoms with E-state index in [1.54, 1.807) is 6.07 Å². The van der Waals surface area contributed by atoms with Gasteiger partial charge in [-0.3, -0.25) is 0 Å². The van der Waals surface area contributed by atoms with Crippen LogP contribution in [0.5, 0.6) is 0 Å². The maximum atomic E-state index is 13.2. The molecule has 1 aromatic rings. The maximum Gasteiger partial charge on any atom is 0.139 e. The molecular formula is C11H14BrFN2S2. The van der Waals surface area contributed by atoms with Gasteiger partial charge < -0.3 is 11.1 Å². The van der Waals surface area contributed by atoms with E-state index in [2.05, 4.69) is 21.2 Å². The number of hydrogen-bond acceptors (Lipinski definition) is 4. The molecule has 1 heterocycles. The first-order valence-electron chi connectivity index (χ1n) is 5.34. The van der Waals surface area contributed by atoms with Gasteiger partial charge >= 0.3 is 0 Å². The number of hydrogen-bond donors (Lipinski definition) is 2. The van der Waals surface area contributed by atoms with Gasteiger partial charge in [-0.05, 0) is 22.0 Å². The van der Waals surface area contributed by atoms with E-state index < -0.39 is 0 Å². The first-order valence-corrected chi connectivity index (χ1v) is 8.34. The fourth-order valence-electron chi connectivity index (χ4n) is 1.59. The van der Waals surface area contributed by atoms with Gasteiger partial charge in [-0.25, -0.2) is 4.39 Å². The summed E-state index contributed by atoms with van der Waals surface area (Å²) in [5.74, 6) is 3.29. The Bertz CT molecular complexity index is 397. The van der Waals surface area contributed by atoms with Crippen LogP contribution in [0.15, 0.2) is 16.6 Å². The van der Waals surface area contributed by atoms with Crippen molar-refractivity contribution in [2.45, 2.75) is 5.25 Å². The predicted octanol–water partition coefficient (Wildman–Crippen LogP) is 3.43. The summed E-state index contributed by atoms with van der Waals surface area (Å²) in [6, 6.07) is 3.04. The number of rotatable bonds is 3. The highest BCUT2D eigenvalue weighted by molar-refractivity contribution is 9.10. The molecule has 0 aliphatic carbocycles. The number of nitrogen functional groups attached to an aromatic ring is 1. The zero-order chi connectivity index (χ0) is 12.3. The lowest BCUT2D eigenvalue weighted by Crippen LogP contribution is -2.23. The van der Waals surface area contributed by atoms with Crippen LogP contribution in [0.1, 0.15) is 0 Å². The van der Waals surface area contributed by atoms with E-state index in [1.807, 2.05) is 23.5 Å². The van der Waals surface area contributed by atoms with Crippen LogP contribution in [0.3, 0.4) is 0 Å². The van der Waals surface area contributed by atoms with Crippen LogP contribution in [-0.2, 0) is 0 Å². The van der Waals surface area contributed by atoms with Crippen molar-refractivity contribution >= 4 is 50.8 Å². The standard InChI is InChI=1S/C11H14BrFN2S2/c12-8-3-11(10(14)4-9(8)13)15-5-7-6-16-1-2-17-7/h3-4,7,15H,1-2,5-6,14H2. The summed E-state index contributed by atoms with van der Waals surface area (Å²) in [4.78, 5) is 0. The Hall–Kier alpha value is -0.0700. The summed E-state index contributed by atoms with van der Waals surface area (Å²) < 4.78 is 13.6. The van der Waals surface area contributed by atoms with Gasteiger partial charge in [-0.1, -0.05) is 0 Å². The van der Waals surface area contributed by atoms with E-state index in [1.165, 1.54) is 23.3 Å². The Labute approximate surface area is 117 Å². The van der Waals surface area contributed by atoms with E-state index in [0.29, 0.717) is 15.4 Å². The zero-order valence-electron chi connectivity index (χ0n) is 9.21. The van der Waals surface area contributed by atoms with Crippen LogP contribution in [0.4, 0.5) is 15.8 Å². The van der Waals surface area contributed by atoms with Gasteiger partial charge in [-0.15, -0.1) is 0 Å². The van der Waals surface area contributed by atoms with Crippen molar-refractivity contribution < 1.29 is 4.39 Å². The molecule has 3 N–H and O–H groups in total. The number of benzene rings is 1. The van der Waals surface area contributed by atoms with Gasteiger partial charge in [0.2, 0.25) is 0 Å². The van der Waals surface area contributed by atoms with Gasteiger partial charge in [0.1, 0.15) is 5.82 Å². The van der Waals surface area contributed by atoms with Crippen LogP contribution in [0, 0.1) is 5.82 Å². The Morgan fingerprint density at radius 2 is 2.29 bits per heavy atom. The molecule has 1 saturated heterocycles. The molecule has 1 aliphatic rings. The van der Waals surface area contributed by atoms with Crippen molar-refractivity contribution in [2.24, 2.45) is 0 Å². The number of halogens is 2. The van der Waals surface area contributed by atoms with Gasteiger partial charge in [0.15, 0.2) is 0 Å². The second kappa shape index (κ2) is 6.20. The SMILES string of the molecule is Nc1cc(F)c(Br)cc1NCC1CSCCS1. The third-order valence-electron chi connectivity index (χ3n) is 2.50. The molecule has 0 amide bonds. The van der Waals surface area contributed by atoms with Gasteiger partial charge in [0, 0.05) is 35.1 Å². The van der Waals surface area contributed by atoms with Crippen molar-refractivity contribution in [1.82, 2.24) is 0 Å². The average molecular weight is 337 g/mol. The molecular weight excluding hydrogens is 323 g/mol. The summed E-state index contributed by atoms with van der Waals surface area (Å²) in [5, 5.41) is 3.90. The van der Waals surface area contributed by atoms with E-state index in [0.717, 1.165) is 12.2 Å². The smallest absolute Gasteiger partial charge is 0.139 e. The molecule has 1 fully saturated rings. The molecule has 1 unspecified atom stereocenters. The molecule has 1 atom stereocenters. The summed E-state index contributed by atoms with van der Waals surface area (Å²) in [5.41, 5.74) is 7.03. The van der Waals surface area contributed by atoms with Crippen LogP contribution in [0.25, 0.3) is 0 Å². The number of anilines is 2. The predicted molar refractivity (Wildman–Crippen MR) is 80.6 cm³/mol. The highest BCUT2D eigenvalue weighted by atomic mass is 79.9. The Morgan fingerprint density at radius 3 is 3.00 bits per heavy atom. The van der Waals surface area contributed by atoms with E-state index in [4.69, 9.17) is 5.73 Å². The lowest BCUT2D eigenvalue weighted by Gasteiger charge is -2.22. The highest BCUT2D eigenvalue weighted by Crippen LogP contribution is 2.28. The highest BCUT2D eigenvalue weighted by Gasteiger charge is 2.14. The van der Waals surface area contributed by atoms with Crippen molar-refractivity contribution in [3.05, 3.63) is 22.4 Å². The Kier molecular flexibility index (Phi) is 4.87. The Balaban J connectivity index is 1.96. The third kappa shape index (κ3) is 3.69. The molecule has 1 aliphatic heterocycles. The third-order valence-corrected chi connectivity index (χ3v) is 5.95. The molecule has 2 rings (SSSR count). The van der Waals surface area contributed by atoms with Crippen LogP contribution in [-0.4, -0.2) is 29.1 Å². The minimum Gasteiger partial charge on any atom is -0.397 e. The van der Waals surface area contributed by atoms with Crippen molar-refractivity contribution in [3.8, 4) is 0 Å². The molecule has 94 valence electrons. The van der Waals surface area contributed by atoms with Gasteiger partial charge in [0.05, 0.1) is 15.8 Å². The molecule has 0 aromatic heterocycles. The van der Waals surface area contributed by atoms with Crippen molar-refractivity contribution in [2.75, 3.05) is 34.9 Å². The number of thioether (sulfide) groups is 2. The molecule has 0 bridgehead atoms. The minimum absolute atomic E-state index is 0.323. The molecule has 0 radical (unpaired) electrons. The fourth-order valence-corrected chi connectivity index (χ4v) is 4.55. The van der Waals surface area contributed by atoms with Crippen molar-refractivity contribution in [1.29, 1.82) is 0 Å². The van der Waals surface area contributed by atoms with Gasteiger partial charge in [-0.2, -0.15) is 23.5 Å². The lowest BCUT2D eigenvalue weighted by atomic mass is 10.2. The number of nitrogens with two attached hydrogens (primary N) is 1. The lowest BCUT2D eigenvalue weighted by molar-refractivity contribution is 0.622. The molecule has 17 heavy (non-hydrogen) atoms. The Morgan fingerprint density at radius 1 is 1.47 bits per heavy atom. The summed E-state index contributed by atoms with van der Waals surface area (Å²) in [6.45, 7) is 0.875. The number of nitrogens with one attached hydrogen (secondary N) is 1. The normalized spacial score (nSPS) is 20.2. The largest absolute Gasteiger partial charge is 0.397 e. The van der Waals surface area contributed by atoms with Crippen molar-refractivity contribution in [3.63, 3.8) is 0 Å². The monoisotopic (exact) mass is 336 g/mol. The fraction of sp³-hybridized carbons (Fsp3) is 0.455. The van der Waals surface area contributed by atoms with Crippen LogP contribution < -0.4 is 11.1 Å². The van der Waals surface area contributed by atoms with E-state index in [-0.39, 0.29) is 5.82 Å². The molecule has 0 saturated carbocycles. The zero-order valence-corrected chi connectivity index (χ0v) is 12.4. The first kappa shape index (κ1) is 13.4. The average Bonchev–Trinajstić information content (AvgIpc) is 2.33. The first-order chi connectivity index (χ1) is 8.16. The van der Waals surface area contributed by atoms with Crippen LogP contribution in [0.2, 0.25) is 0 Å².